The van der Waals surface area contributed by atoms with Gasteiger partial charge in [-0.15, -0.1) is 0 Å². The molecule has 0 rings (SSSR count). The molecule has 0 heterocycles. The average molecular weight is 979 g/mol. The molecule has 0 aliphatic carbocycles. The molecule has 8 nitrogen and oxygen atoms in total. The van der Waals surface area contributed by atoms with Crippen LogP contribution in [-0.2, 0) is 27.9 Å². The third-order valence-corrected chi connectivity index (χ3v) is 13.6. The molecule has 9 heteroatoms. The number of carbonyl (C=O) groups is 1. The molecule has 0 saturated carbocycles. The summed E-state index contributed by atoms with van der Waals surface area (Å²) in [5.74, 6) is -0.331. The van der Waals surface area contributed by atoms with Crippen LogP contribution < -0.4 is 4.89 Å². The molecule has 68 heavy (non-hydrogen) atoms. The van der Waals surface area contributed by atoms with E-state index >= 15 is 0 Å². The van der Waals surface area contributed by atoms with Crippen LogP contribution >= 0.6 is 7.82 Å². The van der Waals surface area contributed by atoms with E-state index in [2.05, 4.69) is 62.5 Å². The van der Waals surface area contributed by atoms with Crippen molar-refractivity contribution in [3.8, 4) is 0 Å². The summed E-state index contributed by atoms with van der Waals surface area (Å²) < 4.78 is 34.9. The maximum Gasteiger partial charge on any atom is 0.306 e. The maximum atomic E-state index is 12.8. The lowest BCUT2D eigenvalue weighted by Crippen LogP contribution is -2.37. The van der Waals surface area contributed by atoms with Gasteiger partial charge in [-0.2, -0.15) is 0 Å². The molecule has 0 amide bonds. The van der Waals surface area contributed by atoms with Crippen molar-refractivity contribution in [3.63, 3.8) is 0 Å². The highest BCUT2D eigenvalue weighted by atomic mass is 31.2. The van der Waals surface area contributed by atoms with Crippen LogP contribution in [0.2, 0.25) is 0 Å². The smallest absolute Gasteiger partial charge is 0.306 e. The molecule has 0 aromatic heterocycles. The largest absolute Gasteiger partial charge is 0.756 e. The van der Waals surface area contributed by atoms with E-state index in [0.717, 1.165) is 57.8 Å². The number of likely N-dealkylation sites (N-methyl/N-ethyl adjacent to an activating group) is 1. The van der Waals surface area contributed by atoms with Crippen LogP contribution in [0.5, 0.6) is 0 Å². The monoisotopic (exact) mass is 978 g/mol. The molecule has 0 fully saturated rings. The Hall–Kier alpha value is -1.54. The predicted octanol–water partition coefficient (Wildman–Crippen LogP) is 17.6. The Bertz CT molecular complexity index is 1230. The lowest BCUT2D eigenvalue weighted by molar-refractivity contribution is -0.870. The van der Waals surface area contributed by atoms with E-state index in [1.54, 1.807) is 0 Å². The summed E-state index contributed by atoms with van der Waals surface area (Å²) in [5.41, 5.74) is 0. The van der Waals surface area contributed by atoms with Gasteiger partial charge >= 0.3 is 5.97 Å². The fourth-order valence-electron chi connectivity index (χ4n) is 8.25. The van der Waals surface area contributed by atoms with E-state index in [-0.39, 0.29) is 25.8 Å². The van der Waals surface area contributed by atoms with E-state index in [9.17, 15) is 14.3 Å². The summed E-state index contributed by atoms with van der Waals surface area (Å²) in [5, 5.41) is 0. The number of carbonyl (C=O) groups excluding carboxylic acids is 1. The summed E-state index contributed by atoms with van der Waals surface area (Å²) in [6.45, 7) is 5.34. The Balaban J connectivity index is 4.06. The van der Waals surface area contributed by atoms with Gasteiger partial charge in [-0.05, 0) is 51.4 Å². The second-order valence-corrected chi connectivity index (χ2v) is 22.0. The first-order valence-corrected chi connectivity index (χ1v) is 30.3. The number of allylic oxidation sites excluding steroid dienone is 8. The summed E-state index contributed by atoms with van der Waals surface area (Å²) in [6.07, 6.45) is 65.8. The van der Waals surface area contributed by atoms with Gasteiger partial charge < -0.3 is 27.9 Å². The highest BCUT2D eigenvalue weighted by Crippen LogP contribution is 2.38. The van der Waals surface area contributed by atoms with Crippen LogP contribution in [0.1, 0.15) is 264 Å². The summed E-state index contributed by atoms with van der Waals surface area (Å²) in [4.78, 5) is 25.3. The van der Waals surface area contributed by atoms with Crippen molar-refractivity contribution in [1.29, 1.82) is 0 Å². The molecule has 0 saturated heterocycles. The van der Waals surface area contributed by atoms with E-state index in [0.29, 0.717) is 24.1 Å². The van der Waals surface area contributed by atoms with Crippen molar-refractivity contribution in [3.05, 3.63) is 48.6 Å². The van der Waals surface area contributed by atoms with Crippen LogP contribution in [0.25, 0.3) is 0 Å². The van der Waals surface area contributed by atoms with Crippen molar-refractivity contribution in [2.45, 2.75) is 270 Å². The summed E-state index contributed by atoms with van der Waals surface area (Å²) in [7, 11) is 1.36. The topological polar surface area (TPSA) is 94.1 Å². The molecule has 0 N–H and O–H groups in total. The van der Waals surface area contributed by atoms with E-state index in [1.165, 1.54) is 186 Å². The molecular weight excluding hydrogens is 866 g/mol. The minimum Gasteiger partial charge on any atom is -0.756 e. The van der Waals surface area contributed by atoms with Crippen molar-refractivity contribution < 1.29 is 37.3 Å². The fraction of sp³-hybridized carbons (Fsp3) is 0.847. The molecule has 0 radical (unpaired) electrons. The fourth-order valence-corrected chi connectivity index (χ4v) is 8.98. The SMILES string of the molecule is CC/C=C\C/C=C\C/C=C\C/C=C\CCCCCCCCCCCOCC(COP(=O)([O-])OCC[N+](C)(C)C)OC(=O)CCCCCCCCCCCCCCCCCCCCCCCCCC. The van der Waals surface area contributed by atoms with Gasteiger partial charge in [-0.3, -0.25) is 9.36 Å². The Morgan fingerprint density at radius 3 is 1.28 bits per heavy atom. The van der Waals surface area contributed by atoms with Crippen LogP contribution in [-0.4, -0.2) is 70.7 Å². The number of rotatable bonds is 54. The molecule has 0 aromatic carbocycles. The van der Waals surface area contributed by atoms with Gasteiger partial charge in [0.25, 0.3) is 7.82 Å². The average Bonchev–Trinajstić information content (AvgIpc) is 3.30. The third-order valence-electron chi connectivity index (χ3n) is 12.6. The number of phosphoric acid groups is 1. The first-order chi connectivity index (χ1) is 33.1. The predicted molar refractivity (Wildman–Crippen MR) is 291 cm³/mol. The van der Waals surface area contributed by atoms with Gasteiger partial charge in [-0.1, -0.05) is 255 Å². The Kier molecular flexibility index (Phi) is 50.6. The number of hydrogen-bond donors (Lipinski definition) is 0. The summed E-state index contributed by atoms with van der Waals surface area (Å²) in [6, 6.07) is 0. The molecule has 400 valence electrons. The first-order valence-electron chi connectivity index (χ1n) is 28.9. The zero-order valence-corrected chi connectivity index (χ0v) is 46.5. The minimum atomic E-state index is -4.54. The molecule has 0 aliphatic heterocycles. The molecule has 0 aromatic rings. The molecule has 2 atom stereocenters. The zero-order valence-electron chi connectivity index (χ0n) is 45.6. The van der Waals surface area contributed by atoms with Crippen LogP contribution in [0.15, 0.2) is 48.6 Å². The lowest BCUT2D eigenvalue weighted by atomic mass is 10.0. The number of quaternary nitrogens is 1. The standard InChI is InChI=1S/C59H112NO7P/c1-6-8-10-12-14-16-18-20-22-24-26-28-30-31-32-34-36-38-40-42-44-46-48-50-52-59(61)67-58(57-66-68(62,63)65-55-53-60(3,4)5)56-64-54-51-49-47-45-43-41-39-37-35-33-29-27-25-23-21-19-17-15-13-11-9-7-2/h9,11,15,17,21,23,27,29,58H,6-8,10,12-14,16,18-20,22,24-26,28,30-57H2,1-5H3/b11-9-,17-15-,23-21-,29-27-. The number of ether oxygens (including phenoxy) is 2. The van der Waals surface area contributed by atoms with Gasteiger partial charge in [-0.25, -0.2) is 0 Å². The van der Waals surface area contributed by atoms with Crippen molar-refractivity contribution in [2.24, 2.45) is 0 Å². The minimum absolute atomic E-state index is 0.0253. The van der Waals surface area contributed by atoms with E-state index < -0.39 is 13.9 Å². The number of esters is 1. The van der Waals surface area contributed by atoms with Crippen molar-refractivity contribution >= 4 is 13.8 Å². The highest BCUT2D eigenvalue weighted by molar-refractivity contribution is 7.45. The first kappa shape index (κ1) is 66.5. The summed E-state index contributed by atoms with van der Waals surface area (Å²) >= 11 is 0. The van der Waals surface area contributed by atoms with Gasteiger partial charge in [0, 0.05) is 13.0 Å². The van der Waals surface area contributed by atoms with Crippen LogP contribution in [0, 0.1) is 0 Å². The quantitative estimate of drug-likeness (QED) is 0.0197. The van der Waals surface area contributed by atoms with E-state index in [1.807, 2.05) is 21.1 Å². The van der Waals surface area contributed by atoms with Crippen molar-refractivity contribution in [1.82, 2.24) is 0 Å². The molecule has 0 spiro atoms. The normalized spacial score (nSPS) is 13.8. The molecular formula is C59H112NO7P. The zero-order chi connectivity index (χ0) is 49.8. The third kappa shape index (κ3) is 55.4. The number of nitrogens with zero attached hydrogens (tertiary/aromatic N) is 1. The second-order valence-electron chi connectivity index (χ2n) is 20.6. The second kappa shape index (κ2) is 51.8. The maximum absolute atomic E-state index is 12.8. The van der Waals surface area contributed by atoms with Gasteiger partial charge in [0.05, 0.1) is 34.4 Å². The molecule has 2 unspecified atom stereocenters. The van der Waals surface area contributed by atoms with Gasteiger partial charge in [0.1, 0.15) is 19.3 Å². The molecule has 0 aliphatic rings. The van der Waals surface area contributed by atoms with E-state index in [4.69, 9.17) is 18.5 Å². The highest BCUT2D eigenvalue weighted by Gasteiger charge is 2.20. The van der Waals surface area contributed by atoms with Gasteiger partial charge in [0.2, 0.25) is 0 Å². The Morgan fingerprint density at radius 1 is 0.471 bits per heavy atom. The number of unbranched alkanes of at least 4 members (excludes halogenated alkanes) is 32. The Morgan fingerprint density at radius 2 is 0.853 bits per heavy atom. The van der Waals surface area contributed by atoms with Gasteiger partial charge in [0.15, 0.2) is 0 Å². The van der Waals surface area contributed by atoms with Crippen molar-refractivity contribution in [2.75, 3.05) is 54.1 Å². The lowest BCUT2D eigenvalue weighted by Gasteiger charge is -2.28. The number of hydrogen-bond acceptors (Lipinski definition) is 7. The molecule has 0 bridgehead atoms. The Labute approximate surface area is 422 Å². The van der Waals surface area contributed by atoms with Crippen LogP contribution in [0.4, 0.5) is 0 Å². The van der Waals surface area contributed by atoms with Crippen LogP contribution in [0.3, 0.4) is 0 Å². The number of phosphoric ester groups is 1.